The molecule has 0 aliphatic rings. The molecule has 0 rings (SSSR count). The van der Waals surface area contributed by atoms with Crippen LogP contribution in [0.1, 0.15) is 239 Å². The second-order valence-corrected chi connectivity index (χ2v) is 15.4. The molecule has 0 radical (unpaired) electrons. The zero-order valence-electron chi connectivity index (χ0n) is 33.0. The number of unbranched alkanes of at least 4 members (excludes halogenated alkanes) is 31. The number of carbonyl (C=O) groups excluding carboxylic acids is 1. The molecule has 6 heteroatoms. The SMILES string of the molecule is CCCCCCCCCCCCCCCCCCCCCCCC(O)C(=O)N[C@@H](CO)[C@H](O)[C@H](O)CCCCCCCCCCCCCC. The second-order valence-electron chi connectivity index (χ2n) is 15.4. The molecule has 4 atom stereocenters. The lowest BCUT2D eigenvalue weighted by Crippen LogP contribution is -2.53. The monoisotopic (exact) mass is 698 g/mol. The summed E-state index contributed by atoms with van der Waals surface area (Å²) in [7, 11) is 0. The van der Waals surface area contributed by atoms with Crippen LogP contribution in [0.4, 0.5) is 0 Å². The lowest BCUT2D eigenvalue weighted by Gasteiger charge is -2.27. The van der Waals surface area contributed by atoms with Crippen molar-refractivity contribution in [1.29, 1.82) is 0 Å². The Morgan fingerprint density at radius 1 is 0.429 bits per heavy atom. The lowest BCUT2D eigenvalue weighted by molar-refractivity contribution is -0.132. The van der Waals surface area contributed by atoms with E-state index in [0.717, 1.165) is 38.5 Å². The predicted molar refractivity (Wildman–Crippen MR) is 210 cm³/mol. The lowest BCUT2D eigenvalue weighted by atomic mass is 9.99. The Balaban J connectivity index is 3.66. The molecule has 0 aromatic carbocycles. The molecule has 49 heavy (non-hydrogen) atoms. The van der Waals surface area contributed by atoms with E-state index in [1.165, 1.54) is 173 Å². The van der Waals surface area contributed by atoms with Crippen molar-refractivity contribution in [3.8, 4) is 0 Å². The number of aliphatic hydroxyl groups excluding tert-OH is 4. The number of nitrogens with one attached hydrogen (secondary N) is 1. The van der Waals surface area contributed by atoms with Gasteiger partial charge < -0.3 is 25.7 Å². The molecule has 0 aliphatic heterocycles. The Hall–Kier alpha value is -0.690. The Kier molecular flexibility index (Phi) is 38.0. The van der Waals surface area contributed by atoms with Gasteiger partial charge >= 0.3 is 0 Å². The van der Waals surface area contributed by atoms with E-state index in [1.807, 2.05) is 0 Å². The van der Waals surface area contributed by atoms with Crippen molar-refractivity contribution in [2.75, 3.05) is 6.61 Å². The van der Waals surface area contributed by atoms with E-state index in [0.29, 0.717) is 12.8 Å². The van der Waals surface area contributed by atoms with Gasteiger partial charge in [0.25, 0.3) is 0 Å². The molecule has 1 amide bonds. The Labute approximate surface area is 305 Å². The second kappa shape index (κ2) is 38.5. The number of aliphatic hydroxyl groups is 4. The normalized spacial score (nSPS) is 14.2. The summed E-state index contributed by atoms with van der Waals surface area (Å²) in [6.45, 7) is 4.05. The molecule has 0 aliphatic carbocycles. The molecule has 1 unspecified atom stereocenters. The largest absolute Gasteiger partial charge is 0.394 e. The molecule has 0 aromatic heterocycles. The van der Waals surface area contributed by atoms with Crippen LogP contribution in [0.15, 0.2) is 0 Å². The maximum atomic E-state index is 12.5. The first-order valence-electron chi connectivity index (χ1n) is 21.9. The fraction of sp³-hybridized carbons (Fsp3) is 0.977. The summed E-state index contributed by atoms with van der Waals surface area (Å²) >= 11 is 0. The van der Waals surface area contributed by atoms with Gasteiger partial charge in [-0.2, -0.15) is 0 Å². The van der Waals surface area contributed by atoms with Crippen molar-refractivity contribution in [2.24, 2.45) is 0 Å². The van der Waals surface area contributed by atoms with Gasteiger partial charge in [0.1, 0.15) is 12.2 Å². The molecule has 0 fully saturated rings. The van der Waals surface area contributed by atoms with Crippen LogP contribution >= 0.6 is 0 Å². The van der Waals surface area contributed by atoms with Crippen molar-refractivity contribution < 1.29 is 25.2 Å². The van der Waals surface area contributed by atoms with Gasteiger partial charge in [-0.3, -0.25) is 4.79 Å². The summed E-state index contributed by atoms with van der Waals surface area (Å²) in [6.07, 6.45) is 39.9. The highest BCUT2D eigenvalue weighted by atomic mass is 16.3. The van der Waals surface area contributed by atoms with Crippen molar-refractivity contribution in [1.82, 2.24) is 5.32 Å². The highest BCUT2D eigenvalue weighted by Crippen LogP contribution is 2.17. The van der Waals surface area contributed by atoms with E-state index in [9.17, 15) is 25.2 Å². The highest BCUT2D eigenvalue weighted by molar-refractivity contribution is 5.80. The Morgan fingerprint density at radius 2 is 0.694 bits per heavy atom. The van der Waals surface area contributed by atoms with Gasteiger partial charge in [-0.1, -0.05) is 226 Å². The van der Waals surface area contributed by atoms with E-state index in [2.05, 4.69) is 19.2 Å². The third kappa shape index (κ3) is 32.9. The number of carbonyl (C=O) groups is 1. The van der Waals surface area contributed by atoms with Crippen molar-refractivity contribution in [2.45, 2.75) is 263 Å². The van der Waals surface area contributed by atoms with Crippen LogP contribution in [-0.2, 0) is 4.79 Å². The van der Waals surface area contributed by atoms with Gasteiger partial charge in [0.2, 0.25) is 5.91 Å². The van der Waals surface area contributed by atoms with Crippen LogP contribution in [0, 0.1) is 0 Å². The van der Waals surface area contributed by atoms with Crippen LogP contribution in [0.25, 0.3) is 0 Å². The molecule has 294 valence electrons. The average Bonchev–Trinajstić information content (AvgIpc) is 3.11. The molecule has 0 saturated heterocycles. The van der Waals surface area contributed by atoms with Gasteiger partial charge in [0.15, 0.2) is 0 Å². The fourth-order valence-corrected chi connectivity index (χ4v) is 7.05. The number of hydrogen-bond acceptors (Lipinski definition) is 5. The standard InChI is InChI=1S/C43H87NO5/c1-3-5-7-9-11-13-15-17-18-19-20-21-22-23-24-25-27-29-31-33-35-37-41(47)43(49)44-39(38-45)42(48)40(46)36-34-32-30-28-26-16-14-12-10-8-6-4-2/h39-42,45-48H,3-38H2,1-2H3,(H,44,49)/t39-,40+,41?,42-/m0/s1. The Bertz CT molecular complexity index is 662. The van der Waals surface area contributed by atoms with Crippen LogP contribution in [0.2, 0.25) is 0 Å². The van der Waals surface area contributed by atoms with Crippen molar-refractivity contribution in [3.63, 3.8) is 0 Å². The first-order chi connectivity index (χ1) is 24.0. The smallest absolute Gasteiger partial charge is 0.249 e. The van der Waals surface area contributed by atoms with Crippen LogP contribution < -0.4 is 5.32 Å². The molecule has 0 bridgehead atoms. The van der Waals surface area contributed by atoms with Crippen molar-refractivity contribution in [3.05, 3.63) is 0 Å². The van der Waals surface area contributed by atoms with E-state index in [4.69, 9.17) is 0 Å². The van der Waals surface area contributed by atoms with Gasteiger partial charge in [-0.25, -0.2) is 0 Å². The Morgan fingerprint density at radius 3 is 0.980 bits per heavy atom. The summed E-state index contributed by atoms with van der Waals surface area (Å²) in [5.41, 5.74) is 0. The van der Waals surface area contributed by atoms with Crippen molar-refractivity contribution >= 4 is 5.91 Å². The molecular weight excluding hydrogens is 610 g/mol. The minimum Gasteiger partial charge on any atom is -0.394 e. The van der Waals surface area contributed by atoms with E-state index >= 15 is 0 Å². The third-order valence-electron chi connectivity index (χ3n) is 10.6. The summed E-state index contributed by atoms with van der Waals surface area (Å²) in [5, 5.41) is 43.6. The summed E-state index contributed by atoms with van der Waals surface area (Å²) in [4.78, 5) is 12.5. The van der Waals surface area contributed by atoms with Crippen LogP contribution in [0.3, 0.4) is 0 Å². The van der Waals surface area contributed by atoms with Crippen LogP contribution in [0.5, 0.6) is 0 Å². The predicted octanol–water partition coefficient (Wildman–Crippen LogP) is 11.2. The first kappa shape index (κ1) is 48.3. The first-order valence-corrected chi connectivity index (χ1v) is 21.9. The number of rotatable bonds is 40. The topological polar surface area (TPSA) is 110 Å². The zero-order chi connectivity index (χ0) is 36.0. The van der Waals surface area contributed by atoms with E-state index in [-0.39, 0.29) is 0 Å². The quantitative estimate of drug-likeness (QED) is 0.0409. The summed E-state index contributed by atoms with van der Waals surface area (Å²) < 4.78 is 0. The van der Waals surface area contributed by atoms with Gasteiger partial charge in [-0.05, 0) is 12.8 Å². The number of amides is 1. The minimum absolute atomic E-state index is 0.376. The highest BCUT2D eigenvalue weighted by Gasteiger charge is 2.28. The average molecular weight is 698 g/mol. The van der Waals surface area contributed by atoms with E-state index in [1.54, 1.807) is 0 Å². The van der Waals surface area contributed by atoms with E-state index < -0.39 is 36.9 Å². The fourth-order valence-electron chi connectivity index (χ4n) is 7.05. The molecule has 0 heterocycles. The van der Waals surface area contributed by atoms with Gasteiger partial charge in [0, 0.05) is 0 Å². The summed E-state index contributed by atoms with van der Waals surface area (Å²) in [5.74, 6) is -0.580. The van der Waals surface area contributed by atoms with Gasteiger partial charge in [0.05, 0.1) is 18.8 Å². The maximum Gasteiger partial charge on any atom is 0.249 e. The van der Waals surface area contributed by atoms with Crippen LogP contribution in [-0.4, -0.2) is 57.3 Å². The molecule has 0 saturated carbocycles. The molecular formula is C43H87NO5. The third-order valence-corrected chi connectivity index (χ3v) is 10.6. The maximum absolute atomic E-state index is 12.5. The number of hydrogen-bond donors (Lipinski definition) is 5. The zero-order valence-corrected chi connectivity index (χ0v) is 33.0. The molecule has 0 aromatic rings. The minimum atomic E-state index is -1.25. The van der Waals surface area contributed by atoms with Gasteiger partial charge in [-0.15, -0.1) is 0 Å². The molecule has 6 nitrogen and oxygen atoms in total. The summed E-state index contributed by atoms with van der Waals surface area (Å²) in [6, 6.07) is -0.978. The molecule has 5 N–H and O–H groups in total. The molecule has 0 spiro atoms.